The lowest BCUT2D eigenvalue weighted by Crippen LogP contribution is -2.25. The van der Waals surface area contributed by atoms with Crippen LogP contribution in [-0.4, -0.2) is 24.1 Å². The number of amides is 2. The molecule has 0 radical (unpaired) electrons. The third-order valence-electron chi connectivity index (χ3n) is 3.84. The zero-order chi connectivity index (χ0) is 16.9. The summed E-state index contributed by atoms with van der Waals surface area (Å²) in [6.45, 7) is 0. The molecule has 2 amide bonds. The largest absolute Gasteiger partial charge is 0.349 e. The van der Waals surface area contributed by atoms with Gasteiger partial charge in [-0.3, -0.25) is 9.59 Å². The molecule has 4 nitrogen and oxygen atoms in total. The maximum Gasteiger partial charge on any atom is 0.255 e. The zero-order valence-corrected chi connectivity index (χ0v) is 14.4. The van der Waals surface area contributed by atoms with Crippen molar-refractivity contribution < 1.29 is 9.59 Å². The minimum absolute atomic E-state index is 0.0558. The molecule has 124 valence electrons. The lowest BCUT2D eigenvalue weighted by molar-refractivity contribution is 0.0950. The monoisotopic (exact) mass is 340 g/mol. The van der Waals surface area contributed by atoms with Gasteiger partial charge in [0.05, 0.1) is 0 Å². The molecule has 0 bridgehead atoms. The Hall–Kier alpha value is -2.27. The van der Waals surface area contributed by atoms with Crippen molar-refractivity contribution in [3.8, 4) is 0 Å². The fourth-order valence-corrected chi connectivity index (χ4v) is 2.85. The Bertz CT molecular complexity index is 722. The average molecular weight is 340 g/mol. The summed E-state index contributed by atoms with van der Waals surface area (Å²) < 4.78 is 0. The van der Waals surface area contributed by atoms with Gasteiger partial charge in [0.2, 0.25) is 0 Å². The lowest BCUT2D eigenvalue weighted by atomic mass is 10.1. The number of benzene rings is 2. The second-order valence-electron chi connectivity index (χ2n) is 5.91. The molecule has 2 aromatic carbocycles. The molecule has 0 heterocycles. The SMILES string of the molecule is CSCc1ccc(C(=O)Nc2ccc(C(=O)NC3CC3)cc2)cc1. The highest BCUT2D eigenvalue weighted by molar-refractivity contribution is 7.97. The molecule has 0 spiro atoms. The molecule has 1 aliphatic carbocycles. The first-order valence-electron chi connectivity index (χ1n) is 7.96. The molecule has 0 saturated heterocycles. The highest BCUT2D eigenvalue weighted by Crippen LogP contribution is 2.20. The number of carbonyl (C=O) groups is 2. The quantitative estimate of drug-likeness (QED) is 0.843. The van der Waals surface area contributed by atoms with E-state index in [2.05, 4.69) is 16.9 Å². The Balaban J connectivity index is 1.60. The zero-order valence-electron chi connectivity index (χ0n) is 13.5. The van der Waals surface area contributed by atoms with Crippen molar-refractivity contribution in [3.63, 3.8) is 0 Å². The second-order valence-corrected chi connectivity index (χ2v) is 6.78. The number of hydrogen-bond acceptors (Lipinski definition) is 3. The summed E-state index contributed by atoms with van der Waals surface area (Å²) in [5, 5.41) is 5.80. The van der Waals surface area contributed by atoms with E-state index in [1.807, 2.05) is 24.3 Å². The summed E-state index contributed by atoms with van der Waals surface area (Å²) in [5.41, 5.74) is 3.11. The van der Waals surface area contributed by atoms with Gasteiger partial charge in [-0.25, -0.2) is 0 Å². The number of anilines is 1. The topological polar surface area (TPSA) is 58.2 Å². The van der Waals surface area contributed by atoms with Crippen LogP contribution in [-0.2, 0) is 5.75 Å². The van der Waals surface area contributed by atoms with Gasteiger partial charge in [-0.05, 0) is 61.1 Å². The summed E-state index contributed by atoms with van der Waals surface area (Å²) >= 11 is 1.75. The molecule has 0 aliphatic heterocycles. The predicted molar refractivity (Wildman–Crippen MR) is 98.5 cm³/mol. The first kappa shape index (κ1) is 16.6. The van der Waals surface area contributed by atoms with E-state index in [-0.39, 0.29) is 11.8 Å². The fraction of sp³-hybridized carbons (Fsp3) is 0.263. The minimum atomic E-state index is -0.152. The van der Waals surface area contributed by atoms with Gasteiger partial charge < -0.3 is 10.6 Å². The molecular weight excluding hydrogens is 320 g/mol. The van der Waals surface area contributed by atoms with Crippen molar-refractivity contribution in [1.82, 2.24) is 5.32 Å². The van der Waals surface area contributed by atoms with E-state index in [0.29, 0.717) is 22.9 Å². The van der Waals surface area contributed by atoms with E-state index < -0.39 is 0 Å². The molecule has 24 heavy (non-hydrogen) atoms. The van der Waals surface area contributed by atoms with Crippen molar-refractivity contribution in [3.05, 3.63) is 65.2 Å². The number of hydrogen-bond donors (Lipinski definition) is 2. The number of carbonyl (C=O) groups excluding carboxylic acids is 2. The summed E-state index contributed by atoms with van der Waals surface area (Å²) in [6.07, 6.45) is 4.18. The molecule has 3 rings (SSSR count). The van der Waals surface area contributed by atoms with Crippen LogP contribution < -0.4 is 10.6 Å². The predicted octanol–water partition coefficient (Wildman–Crippen LogP) is 3.69. The highest BCUT2D eigenvalue weighted by Gasteiger charge is 2.23. The van der Waals surface area contributed by atoms with Gasteiger partial charge in [-0.15, -0.1) is 0 Å². The van der Waals surface area contributed by atoms with Crippen LogP contribution in [0.25, 0.3) is 0 Å². The lowest BCUT2D eigenvalue weighted by Gasteiger charge is -2.08. The smallest absolute Gasteiger partial charge is 0.255 e. The molecule has 2 N–H and O–H groups in total. The molecule has 1 saturated carbocycles. The van der Waals surface area contributed by atoms with E-state index in [1.54, 1.807) is 36.0 Å². The van der Waals surface area contributed by atoms with E-state index in [4.69, 9.17) is 0 Å². The van der Waals surface area contributed by atoms with Crippen LogP contribution in [0.4, 0.5) is 5.69 Å². The van der Waals surface area contributed by atoms with Gasteiger partial charge in [0.15, 0.2) is 0 Å². The average Bonchev–Trinajstić information content (AvgIpc) is 3.40. The van der Waals surface area contributed by atoms with Gasteiger partial charge in [0.1, 0.15) is 0 Å². The number of thioether (sulfide) groups is 1. The van der Waals surface area contributed by atoms with E-state index in [1.165, 1.54) is 5.56 Å². The van der Waals surface area contributed by atoms with Crippen molar-refractivity contribution in [1.29, 1.82) is 0 Å². The van der Waals surface area contributed by atoms with Gasteiger partial charge in [-0.1, -0.05) is 12.1 Å². The highest BCUT2D eigenvalue weighted by atomic mass is 32.2. The Labute approximate surface area is 146 Å². The maximum absolute atomic E-state index is 12.3. The summed E-state index contributed by atoms with van der Waals surface area (Å²) in [4.78, 5) is 24.2. The summed E-state index contributed by atoms with van der Waals surface area (Å²) in [7, 11) is 0. The van der Waals surface area contributed by atoms with Crippen molar-refractivity contribution in [2.45, 2.75) is 24.6 Å². The number of nitrogens with one attached hydrogen (secondary N) is 2. The maximum atomic E-state index is 12.3. The van der Waals surface area contributed by atoms with Gasteiger partial charge in [0.25, 0.3) is 11.8 Å². The molecule has 0 unspecified atom stereocenters. The fourth-order valence-electron chi connectivity index (χ4n) is 2.32. The van der Waals surface area contributed by atoms with Crippen LogP contribution in [0.1, 0.15) is 39.1 Å². The Morgan fingerprint density at radius 1 is 0.958 bits per heavy atom. The van der Waals surface area contributed by atoms with Gasteiger partial charge in [0, 0.05) is 28.6 Å². The molecule has 2 aromatic rings. The molecular formula is C19H20N2O2S. The standard InChI is InChI=1S/C19H20N2O2S/c1-24-12-13-2-4-14(5-3-13)18(22)20-16-8-6-15(7-9-16)19(23)21-17-10-11-17/h2-9,17H,10-12H2,1H3,(H,20,22)(H,21,23). The molecule has 0 atom stereocenters. The molecule has 1 aliphatic rings. The van der Waals surface area contributed by atoms with Crippen molar-refractivity contribution >= 4 is 29.3 Å². The van der Waals surface area contributed by atoms with Crippen LogP contribution in [0, 0.1) is 0 Å². The molecule has 5 heteroatoms. The van der Waals surface area contributed by atoms with Crippen LogP contribution in [0.2, 0.25) is 0 Å². The first-order chi connectivity index (χ1) is 11.7. The van der Waals surface area contributed by atoms with Crippen LogP contribution in [0.15, 0.2) is 48.5 Å². The summed E-state index contributed by atoms with van der Waals surface area (Å²) in [6, 6.07) is 14.9. The number of rotatable bonds is 6. The van der Waals surface area contributed by atoms with Gasteiger partial charge >= 0.3 is 0 Å². The second kappa shape index (κ2) is 7.53. The minimum Gasteiger partial charge on any atom is -0.349 e. The van der Waals surface area contributed by atoms with Crippen LogP contribution in [0.5, 0.6) is 0 Å². The first-order valence-corrected chi connectivity index (χ1v) is 9.35. The Kier molecular flexibility index (Phi) is 5.20. The van der Waals surface area contributed by atoms with Gasteiger partial charge in [-0.2, -0.15) is 11.8 Å². The van der Waals surface area contributed by atoms with E-state index in [0.717, 1.165) is 18.6 Å². The molecule has 0 aromatic heterocycles. The van der Waals surface area contributed by atoms with E-state index >= 15 is 0 Å². The van der Waals surface area contributed by atoms with E-state index in [9.17, 15) is 9.59 Å². The van der Waals surface area contributed by atoms with Crippen molar-refractivity contribution in [2.75, 3.05) is 11.6 Å². The normalized spacial score (nSPS) is 13.4. The Morgan fingerprint density at radius 2 is 1.54 bits per heavy atom. The third kappa shape index (κ3) is 4.38. The van der Waals surface area contributed by atoms with Crippen molar-refractivity contribution in [2.24, 2.45) is 0 Å². The van der Waals surface area contributed by atoms with Crippen LogP contribution in [0.3, 0.4) is 0 Å². The Morgan fingerprint density at radius 3 is 2.12 bits per heavy atom. The molecule has 1 fully saturated rings. The summed E-state index contributed by atoms with van der Waals surface area (Å²) in [5.74, 6) is 0.729. The van der Waals surface area contributed by atoms with Crippen LogP contribution >= 0.6 is 11.8 Å². The third-order valence-corrected chi connectivity index (χ3v) is 4.47.